The van der Waals surface area contributed by atoms with Gasteiger partial charge in [-0.25, -0.2) is 9.69 Å². The van der Waals surface area contributed by atoms with Gasteiger partial charge in [0.1, 0.15) is 12.6 Å². The van der Waals surface area contributed by atoms with Crippen molar-refractivity contribution < 1.29 is 33.7 Å². The maximum atomic E-state index is 13.2. The van der Waals surface area contributed by atoms with E-state index in [-0.39, 0.29) is 37.8 Å². The van der Waals surface area contributed by atoms with E-state index in [0.29, 0.717) is 5.69 Å². The number of anilines is 1. The molecule has 10 heteroatoms. The summed E-state index contributed by atoms with van der Waals surface area (Å²) in [5.74, 6) is -0.836. The Labute approximate surface area is 282 Å². The topological polar surface area (TPSA) is 118 Å². The number of benzene rings is 3. The van der Waals surface area contributed by atoms with E-state index < -0.39 is 30.2 Å². The van der Waals surface area contributed by atoms with E-state index in [1.165, 1.54) is 32.1 Å². The normalized spacial score (nSPS) is 25.4. The van der Waals surface area contributed by atoms with Crippen molar-refractivity contribution >= 4 is 23.6 Å². The number of amides is 3. The zero-order valence-corrected chi connectivity index (χ0v) is 27.5. The molecule has 5 unspecified atom stereocenters. The number of likely N-dealkylation sites (tertiary alicyclic amines) is 1. The molecule has 0 spiro atoms. The molecule has 3 aromatic carbocycles. The third-order valence-corrected chi connectivity index (χ3v) is 9.59. The molecule has 3 saturated heterocycles. The van der Waals surface area contributed by atoms with Gasteiger partial charge in [-0.15, -0.1) is 0 Å². The third kappa shape index (κ3) is 8.13. The van der Waals surface area contributed by atoms with Crippen LogP contribution in [0.2, 0.25) is 0 Å². The van der Waals surface area contributed by atoms with Gasteiger partial charge in [0.2, 0.25) is 5.91 Å². The lowest BCUT2D eigenvalue weighted by atomic mass is 9.89. The molecule has 0 saturated carbocycles. The fraction of sp³-hybridized carbons (Fsp3) is 0.447. The second kappa shape index (κ2) is 15.9. The van der Waals surface area contributed by atoms with Crippen molar-refractivity contribution in [1.29, 1.82) is 0 Å². The van der Waals surface area contributed by atoms with Gasteiger partial charge >= 0.3 is 6.09 Å². The first-order valence-electron chi connectivity index (χ1n) is 17.1. The summed E-state index contributed by atoms with van der Waals surface area (Å²) >= 11 is 0. The average molecular weight is 656 g/mol. The minimum absolute atomic E-state index is 0.0196. The first kappa shape index (κ1) is 33.8. The molecule has 3 aromatic rings. The molecule has 254 valence electrons. The highest BCUT2D eigenvalue weighted by Gasteiger charge is 2.42. The van der Waals surface area contributed by atoms with Crippen LogP contribution in [0.1, 0.15) is 80.1 Å². The first-order chi connectivity index (χ1) is 23.4. The summed E-state index contributed by atoms with van der Waals surface area (Å²) in [7, 11) is 0. The van der Waals surface area contributed by atoms with Crippen LogP contribution in [0.25, 0.3) is 0 Å². The monoisotopic (exact) mass is 655 g/mol. The Morgan fingerprint density at radius 1 is 0.854 bits per heavy atom. The van der Waals surface area contributed by atoms with Crippen LogP contribution in [0, 0.1) is 5.92 Å². The van der Waals surface area contributed by atoms with Crippen molar-refractivity contribution in [2.75, 3.05) is 24.5 Å². The lowest BCUT2D eigenvalue weighted by Crippen LogP contribution is -2.45. The highest BCUT2D eigenvalue weighted by molar-refractivity contribution is 6.22. The number of rotatable bonds is 9. The Kier molecular flexibility index (Phi) is 11.2. The van der Waals surface area contributed by atoms with Crippen molar-refractivity contribution in [3.8, 4) is 0 Å². The van der Waals surface area contributed by atoms with Crippen LogP contribution in [0.5, 0.6) is 0 Å². The van der Waals surface area contributed by atoms with E-state index in [4.69, 9.17) is 14.2 Å². The molecule has 6 rings (SSSR count). The fourth-order valence-corrected chi connectivity index (χ4v) is 6.78. The zero-order chi connectivity index (χ0) is 33.5. The van der Waals surface area contributed by atoms with Crippen LogP contribution in [-0.2, 0) is 37.0 Å². The van der Waals surface area contributed by atoms with Gasteiger partial charge in [-0.3, -0.25) is 9.59 Å². The van der Waals surface area contributed by atoms with Gasteiger partial charge in [0, 0.05) is 18.0 Å². The second-order valence-electron chi connectivity index (χ2n) is 13.0. The molecule has 2 N–H and O–H groups in total. The smallest absolute Gasteiger partial charge is 0.408 e. The highest BCUT2D eigenvalue weighted by Crippen LogP contribution is 2.42. The molecule has 3 heterocycles. The van der Waals surface area contributed by atoms with Crippen molar-refractivity contribution in [2.45, 2.75) is 83.2 Å². The fourth-order valence-electron chi connectivity index (χ4n) is 6.78. The number of carbonyl (C=O) groups excluding carboxylic acids is 3. The Balaban J connectivity index is 1.14. The zero-order valence-electron chi connectivity index (χ0n) is 27.5. The van der Waals surface area contributed by atoms with Gasteiger partial charge in [0.15, 0.2) is 6.29 Å². The number of aliphatic hydroxyl groups excluding tert-OH is 1. The summed E-state index contributed by atoms with van der Waals surface area (Å²) in [6.07, 6.45) is 4.32. The summed E-state index contributed by atoms with van der Waals surface area (Å²) in [4.78, 5) is 42.2. The SMILES string of the molecule is CC1C(CN2CCCCCCC2)OC(c2ccc(N3C(=O)CC(NC(=O)OCc4ccccc4)C3=O)cc2)OC1c1ccc(CO)cc1. The van der Waals surface area contributed by atoms with Crippen molar-refractivity contribution in [3.63, 3.8) is 0 Å². The van der Waals surface area contributed by atoms with Gasteiger partial charge in [-0.05, 0) is 54.8 Å². The maximum absolute atomic E-state index is 13.2. The Morgan fingerprint density at radius 3 is 2.21 bits per heavy atom. The predicted octanol–water partition coefficient (Wildman–Crippen LogP) is 5.79. The predicted molar refractivity (Wildman–Crippen MR) is 180 cm³/mol. The number of imide groups is 1. The number of alkyl carbamates (subject to hydrolysis) is 1. The Bertz CT molecular complexity index is 1520. The third-order valence-electron chi connectivity index (χ3n) is 9.59. The molecule has 3 aliphatic rings. The van der Waals surface area contributed by atoms with Crippen LogP contribution < -0.4 is 10.2 Å². The summed E-state index contributed by atoms with van der Waals surface area (Å²) in [5, 5.41) is 12.1. The standard InChI is InChI=1S/C38H45N3O7/c1-26-33(23-40-20-8-3-2-4-9-21-40)47-37(48-35(26)29-14-12-27(24-42)13-15-29)30-16-18-31(19-17-30)41-34(43)22-32(36(41)44)39-38(45)46-25-28-10-6-5-7-11-28/h5-7,10-19,26,32-33,35,37,42H,2-4,8-9,20-25H2,1H3,(H,39,45). The van der Waals surface area contributed by atoms with E-state index in [1.807, 2.05) is 66.7 Å². The average Bonchev–Trinajstić information content (AvgIpc) is 3.37. The van der Waals surface area contributed by atoms with Crippen LogP contribution in [0.3, 0.4) is 0 Å². The number of nitrogens with zero attached hydrogens (tertiary/aromatic N) is 2. The summed E-state index contributed by atoms with van der Waals surface area (Å²) in [5.41, 5.74) is 3.87. The molecule has 10 nitrogen and oxygen atoms in total. The molecule has 0 aromatic heterocycles. The van der Waals surface area contributed by atoms with Crippen LogP contribution in [0.15, 0.2) is 78.9 Å². The molecule has 3 aliphatic heterocycles. The maximum Gasteiger partial charge on any atom is 0.408 e. The molecule has 3 fully saturated rings. The van der Waals surface area contributed by atoms with Gasteiger partial charge in [-0.2, -0.15) is 0 Å². The van der Waals surface area contributed by atoms with Gasteiger partial charge in [0.05, 0.1) is 30.9 Å². The second-order valence-corrected chi connectivity index (χ2v) is 13.0. The number of hydrogen-bond donors (Lipinski definition) is 2. The van der Waals surface area contributed by atoms with E-state index in [9.17, 15) is 19.5 Å². The van der Waals surface area contributed by atoms with Crippen molar-refractivity contribution in [2.24, 2.45) is 5.92 Å². The van der Waals surface area contributed by atoms with Crippen molar-refractivity contribution in [1.82, 2.24) is 10.2 Å². The van der Waals surface area contributed by atoms with Crippen LogP contribution >= 0.6 is 0 Å². The number of nitrogens with one attached hydrogen (secondary N) is 1. The quantitative estimate of drug-likeness (QED) is 0.278. The summed E-state index contributed by atoms with van der Waals surface area (Å²) in [6.45, 7) is 5.13. The molecule has 0 aliphatic carbocycles. The largest absolute Gasteiger partial charge is 0.445 e. The Hall–Kier alpha value is -4.09. The molecule has 5 atom stereocenters. The minimum atomic E-state index is -1.01. The van der Waals surface area contributed by atoms with Crippen LogP contribution in [0.4, 0.5) is 10.5 Å². The molecule has 3 amide bonds. The molecule has 48 heavy (non-hydrogen) atoms. The van der Waals surface area contributed by atoms with E-state index in [1.54, 1.807) is 12.1 Å². The molecule has 0 bridgehead atoms. The van der Waals surface area contributed by atoms with Crippen molar-refractivity contribution in [3.05, 3.63) is 101 Å². The summed E-state index contributed by atoms with van der Waals surface area (Å²) < 4.78 is 18.5. The molecule has 0 radical (unpaired) electrons. The van der Waals surface area contributed by atoms with Gasteiger partial charge < -0.3 is 29.5 Å². The minimum Gasteiger partial charge on any atom is -0.445 e. The lowest BCUT2D eigenvalue weighted by molar-refractivity contribution is -0.276. The van der Waals surface area contributed by atoms with E-state index in [0.717, 1.165) is 46.8 Å². The number of aliphatic hydroxyl groups is 1. The number of ether oxygens (including phenoxy) is 3. The highest BCUT2D eigenvalue weighted by atomic mass is 16.7. The molecular weight excluding hydrogens is 610 g/mol. The molecular formula is C38H45N3O7. The number of carbonyl (C=O) groups is 3. The number of hydrogen-bond acceptors (Lipinski definition) is 8. The first-order valence-corrected chi connectivity index (χ1v) is 17.1. The lowest BCUT2D eigenvalue weighted by Gasteiger charge is -2.43. The Morgan fingerprint density at radius 2 is 1.52 bits per heavy atom. The van der Waals surface area contributed by atoms with Crippen LogP contribution in [-0.4, -0.2) is 59.7 Å². The van der Waals surface area contributed by atoms with E-state index in [2.05, 4.69) is 17.1 Å². The van der Waals surface area contributed by atoms with E-state index >= 15 is 0 Å². The van der Waals surface area contributed by atoms with Gasteiger partial charge in [0.25, 0.3) is 5.91 Å². The summed E-state index contributed by atoms with van der Waals surface area (Å²) in [6, 6.07) is 23.2. The van der Waals surface area contributed by atoms with Gasteiger partial charge in [-0.1, -0.05) is 92.9 Å².